The smallest absolute Gasteiger partial charge is 0.240 e. The van der Waals surface area contributed by atoms with Gasteiger partial charge in [0.15, 0.2) is 0 Å². The number of rotatable bonds is 4. The predicted octanol–water partition coefficient (Wildman–Crippen LogP) is 4.42. The van der Waals surface area contributed by atoms with Gasteiger partial charge in [0, 0.05) is 29.0 Å². The maximum absolute atomic E-state index is 12.9. The lowest BCUT2D eigenvalue weighted by atomic mass is 9.98. The van der Waals surface area contributed by atoms with Gasteiger partial charge < -0.3 is 4.90 Å². The van der Waals surface area contributed by atoms with Gasteiger partial charge in [0.25, 0.3) is 0 Å². The second kappa shape index (κ2) is 7.12. The van der Waals surface area contributed by atoms with Gasteiger partial charge in [0.2, 0.25) is 5.91 Å². The van der Waals surface area contributed by atoms with E-state index in [0.717, 1.165) is 18.7 Å². The van der Waals surface area contributed by atoms with Gasteiger partial charge in [-0.3, -0.25) is 9.69 Å². The average Bonchev–Trinajstić information content (AvgIpc) is 3.33. The van der Waals surface area contributed by atoms with Crippen molar-refractivity contribution in [2.24, 2.45) is 0 Å². The van der Waals surface area contributed by atoms with Crippen LogP contribution < -0.4 is 4.90 Å². The summed E-state index contributed by atoms with van der Waals surface area (Å²) in [5, 5.41) is 4.29. The number of benzene rings is 1. The largest absolute Gasteiger partial charge is 0.314 e. The van der Waals surface area contributed by atoms with E-state index in [1.807, 2.05) is 48.7 Å². The Kier molecular flexibility index (Phi) is 4.70. The van der Waals surface area contributed by atoms with Gasteiger partial charge in [0.1, 0.15) is 0 Å². The summed E-state index contributed by atoms with van der Waals surface area (Å²) in [5.74, 6) is 0.131. The summed E-state index contributed by atoms with van der Waals surface area (Å²) in [6, 6.07) is 16.5. The Morgan fingerprint density at radius 1 is 1.12 bits per heavy atom. The number of hydrogen-bond acceptors (Lipinski definition) is 4. The van der Waals surface area contributed by atoms with Crippen LogP contribution >= 0.6 is 22.7 Å². The molecule has 5 heteroatoms. The van der Waals surface area contributed by atoms with Crippen LogP contribution in [-0.2, 0) is 11.2 Å². The third kappa shape index (κ3) is 3.27. The third-order valence-electron chi connectivity index (χ3n) is 4.73. The van der Waals surface area contributed by atoms with Crippen molar-refractivity contribution in [1.82, 2.24) is 4.90 Å². The van der Waals surface area contributed by atoms with E-state index in [9.17, 15) is 4.79 Å². The predicted molar refractivity (Wildman–Crippen MR) is 106 cm³/mol. The van der Waals surface area contributed by atoms with Crippen LogP contribution in [0.25, 0.3) is 0 Å². The normalized spacial score (nSPS) is 17.2. The van der Waals surface area contributed by atoms with E-state index in [4.69, 9.17) is 0 Å². The molecule has 3 aromatic rings. The van der Waals surface area contributed by atoms with E-state index in [1.54, 1.807) is 16.2 Å². The lowest BCUT2D eigenvalue weighted by molar-refractivity contribution is -0.119. The maximum Gasteiger partial charge on any atom is 0.240 e. The number of amides is 1. The highest BCUT2D eigenvalue weighted by atomic mass is 32.1. The van der Waals surface area contributed by atoms with Crippen molar-refractivity contribution in [1.29, 1.82) is 0 Å². The van der Waals surface area contributed by atoms with E-state index >= 15 is 0 Å². The first-order valence-electron chi connectivity index (χ1n) is 8.39. The van der Waals surface area contributed by atoms with Crippen LogP contribution in [-0.4, -0.2) is 30.9 Å². The molecule has 0 N–H and O–H groups in total. The molecule has 0 radical (unpaired) electrons. The number of likely N-dealkylation sites (N-methyl/N-ethyl adjacent to an activating group) is 1. The Labute approximate surface area is 156 Å². The minimum atomic E-state index is 0.131. The molecule has 1 unspecified atom stereocenters. The Balaban J connectivity index is 1.58. The highest BCUT2D eigenvalue weighted by molar-refractivity contribution is 7.10. The minimum Gasteiger partial charge on any atom is -0.314 e. The van der Waals surface area contributed by atoms with Crippen LogP contribution in [0.2, 0.25) is 0 Å². The lowest BCUT2D eigenvalue weighted by Crippen LogP contribution is -2.43. The van der Waals surface area contributed by atoms with Crippen LogP contribution in [0, 0.1) is 0 Å². The Morgan fingerprint density at radius 3 is 2.72 bits per heavy atom. The molecule has 1 amide bonds. The number of para-hydroxylation sites is 1. The van der Waals surface area contributed by atoms with Crippen LogP contribution in [0.5, 0.6) is 0 Å². The fourth-order valence-corrected chi connectivity index (χ4v) is 5.17. The fraction of sp³-hybridized carbons (Fsp3) is 0.250. The molecule has 2 aromatic heterocycles. The molecule has 0 aliphatic carbocycles. The van der Waals surface area contributed by atoms with Crippen LogP contribution in [0.1, 0.15) is 21.4 Å². The Morgan fingerprint density at radius 2 is 1.96 bits per heavy atom. The molecule has 0 fully saturated rings. The van der Waals surface area contributed by atoms with Gasteiger partial charge in [-0.2, -0.15) is 0 Å². The summed E-state index contributed by atoms with van der Waals surface area (Å²) < 4.78 is 0. The maximum atomic E-state index is 12.9. The van der Waals surface area contributed by atoms with Gasteiger partial charge in [-0.1, -0.05) is 24.3 Å². The number of fused-ring (bicyclic) bond motifs is 1. The van der Waals surface area contributed by atoms with Gasteiger partial charge in [-0.15, -0.1) is 22.7 Å². The Bertz CT molecular complexity index is 842. The van der Waals surface area contributed by atoms with Gasteiger partial charge >= 0.3 is 0 Å². The zero-order valence-electron chi connectivity index (χ0n) is 14.1. The SMILES string of the molecule is CN(C(=O)CN1CCc2sccc2C1c1cccs1)c1ccccc1. The summed E-state index contributed by atoms with van der Waals surface area (Å²) in [6.07, 6.45) is 1.03. The zero-order valence-corrected chi connectivity index (χ0v) is 15.7. The summed E-state index contributed by atoms with van der Waals surface area (Å²) in [4.78, 5) is 19.7. The van der Waals surface area contributed by atoms with Crippen LogP contribution in [0.4, 0.5) is 5.69 Å². The monoisotopic (exact) mass is 368 g/mol. The second-order valence-electron chi connectivity index (χ2n) is 6.23. The Hall–Kier alpha value is -1.95. The van der Waals surface area contributed by atoms with Crippen LogP contribution in [0.15, 0.2) is 59.3 Å². The van der Waals surface area contributed by atoms with Crippen LogP contribution in [0.3, 0.4) is 0 Å². The van der Waals surface area contributed by atoms with E-state index in [-0.39, 0.29) is 11.9 Å². The summed E-state index contributed by atoms with van der Waals surface area (Å²) in [5.41, 5.74) is 2.31. The van der Waals surface area contributed by atoms with Crippen molar-refractivity contribution in [2.75, 3.05) is 25.0 Å². The molecular formula is C20H20N2OS2. The molecule has 0 bridgehead atoms. The van der Waals surface area contributed by atoms with Crippen molar-refractivity contribution >= 4 is 34.3 Å². The summed E-state index contributed by atoms with van der Waals surface area (Å²) in [7, 11) is 1.86. The summed E-state index contributed by atoms with van der Waals surface area (Å²) >= 11 is 3.60. The zero-order chi connectivity index (χ0) is 17.2. The molecule has 25 heavy (non-hydrogen) atoms. The molecule has 1 aliphatic rings. The third-order valence-corrected chi connectivity index (χ3v) is 6.66. The highest BCUT2D eigenvalue weighted by Gasteiger charge is 2.32. The van der Waals surface area contributed by atoms with Gasteiger partial charge in [-0.05, 0) is 47.0 Å². The number of nitrogens with zero attached hydrogens (tertiary/aromatic N) is 2. The first kappa shape index (κ1) is 16.5. The lowest BCUT2D eigenvalue weighted by Gasteiger charge is -2.35. The van der Waals surface area contributed by atoms with Crippen molar-refractivity contribution in [3.8, 4) is 0 Å². The fourth-order valence-electron chi connectivity index (χ4n) is 3.39. The summed E-state index contributed by atoms with van der Waals surface area (Å²) in [6.45, 7) is 1.35. The highest BCUT2D eigenvalue weighted by Crippen LogP contribution is 2.39. The molecule has 1 aliphatic heterocycles. The molecule has 128 valence electrons. The minimum absolute atomic E-state index is 0.131. The molecule has 0 saturated heterocycles. The number of carbonyl (C=O) groups excluding carboxylic acids is 1. The van der Waals surface area contributed by atoms with E-state index < -0.39 is 0 Å². The molecule has 3 heterocycles. The topological polar surface area (TPSA) is 23.6 Å². The molecule has 1 aromatic carbocycles. The molecule has 3 nitrogen and oxygen atoms in total. The van der Waals surface area contributed by atoms with Gasteiger partial charge in [-0.25, -0.2) is 0 Å². The standard InChI is InChI=1S/C20H20N2OS2/c1-21(15-6-3-2-4-7-15)19(23)14-22-11-9-17-16(10-13-25-17)20(22)18-8-5-12-24-18/h2-8,10,12-13,20H,9,11,14H2,1H3. The van der Waals surface area contributed by atoms with E-state index in [2.05, 4.69) is 33.9 Å². The van der Waals surface area contributed by atoms with Crippen molar-refractivity contribution in [3.05, 3.63) is 74.6 Å². The quantitative estimate of drug-likeness (QED) is 0.681. The number of thiophene rings is 2. The van der Waals surface area contributed by atoms with Crippen molar-refractivity contribution in [3.63, 3.8) is 0 Å². The van der Waals surface area contributed by atoms with E-state index in [1.165, 1.54) is 15.3 Å². The average molecular weight is 369 g/mol. The van der Waals surface area contributed by atoms with Crippen molar-refractivity contribution < 1.29 is 4.79 Å². The first-order valence-corrected chi connectivity index (χ1v) is 10.2. The molecule has 0 spiro atoms. The molecular weight excluding hydrogens is 348 g/mol. The molecule has 4 rings (SSSR count). The molecule has 0 saturated carbocycles. The number of anilines is 1. The van der Waals surface area contributed by atoms with Crippen molar-refractivity contribution in [2.45, 2.75) is 12.5 Å². The first-order chi connectivity index (χ1) is 12.2. The van der Waals surface area contributed by atoms with Gasteiger partial charge in [0.05, 0.1) is 12.6 Å². The number of carbonyl (C=O) groups is 1. The molecule has 1 atom stereocenters. The second-order valence-corrected chi connectivity index (χ2v) is 8.21. The number of hydrogen-bond donors (Lipinski definition) is 0. The van der Waals surface area contributed by atoms with E-state index in [0.29, 0.717) is 6.54 Å².